The molecule has 57 heavy (non-hydrogen) atoms. The zero-order valence-corrected chi connectivity index (χ0v) is 30.2. The van der Waals surface area contributed by atoms with Gasteiger partial charge in [-0.15, -0.1) is 0 Å². The topological polar surface area (TPSA) is 95.7 Å². The van der Waals surface area contributed by atoms with E-state index in [4.69, 9.17) is 33.8 Å². The van der Waals surface area contributed by atoms with Gasteiger partial charge >= 0.3 is 0 Å². The van der Waals surface area contributed by atoms with Crippen LogP contribution >= 0.6 is 0 Å². The number of aromatic nitrogens is 6. The summed E-state index contributed by atoms with van der Waals surface area (Å²) in [6.45, 7) is 0. The van der Waals surface area contributed by atoms with Crippen molar-refractivity contribution < 1.29 is 8.83 Å². The zero-order chi connectivity index (χ0) is 37.5. The Kier molecular flexibility index (Phi) is 6.76. The van der Waals surface area contributed by atoms with Crippen LogP contribution in [0.15, 0.2) is 179 Å². The Morgan fingerprint density at radius 2 is 0.982 bits per heavy atom. The lowest BCUT2D eigenvalue weighted by atomic mass is 10.1. The van der Waals surface area contributed by atoms with E-state index in [0.717, 1.165) is 65.9 Å². The summed E-state index contributed by atoms with van der Waals surface area (Å²) in [5.74, 6) is 1.86. The summed E-state index contributed by atoms with van der Waals surface area (Å²) < 4.78 is 15.3. The van der Waals surface area contributed by atoms with Crippen LogP contribution in [0.1, 0.15) is 0 Å². The third kappa shape index (κ3) is 4.91. The van der Waals surface area contributed by atoms with Crippen LogP contribution in [-0.4, -0.2) is 29.5 Å². The molecule has 0 unspecified atom stereocenters. The molecule has 12 aromatic rings. The fourth-order valence-corrected chi connectivity index (χ4v) is 8.08. The van der Waals surface area contributed by atoms with Gasteiger partial charge in [-0.1, -0.05) is 109 Å². The van der Waals surface area contributed by atoms with Crippen LogP contribution < -0.4 is 0 Å². The van der Waals surface area contributed by atoms with Crippen molar-refractivity contribution in [1.29, 1.82) is 0 Å². The first kappa shape index (κ1) is 31.4. The fourth-order valence-electron chi connectivity index (χ4n) is 8.08. The van der Waals surface area contributed by atoms with Crippen molar-refractivity contribution in [2.75, 3.05) is 0 Å². The molecule has 0 atom stereocenters. The van der Waals surface area contributed by atoms with E-state index in [1.807, 2.05) is 91.0 Å². The minimum Gasteiger partial charge on any atom is -0.455 e. The van der Waals surface area contributed by atoms with Gasteiger partial charge in [-0.3, -0.25) is 0 Å². The SMILES string of the molecule is c1ccc(-c2nc(-c3cccc4c3oc3ccccc34)nc(-c3nc(-c4ccc5c(c4)c4ccccc4n5-c4ccccc4)nc4c3oc3ccccc34)n2)cc1. The van der Waals surface area contributed by atoms with Crippen molar-refractivity contribution >= 4 is 65.8 Å². The number of hydrogen-bond acceptors (Lipinski definition) is 7. The number of fused-ring (bicyclic) bond motifs is 9. The molecule has 0 aliphatic carbocycles. The van der Waals surface area contributed by atoms with Crippen LogP contribution in [0.4, 0.5) is 0 Å². The Hall–Kier alpha value is -7.97. The number of nitrogens with zero attached hydrogens (tertiary/aromatic N) is 6. The number of rotatable bonds is 5. The van der Waals surface area contributed by atoms with Gasteiger partial charge in [0.05, 0.1) is 16.6 Å². The van der Waals surface area contributed by atoms with Gasteiger partial charge in [0.2, 0.25) is 0 Å². The molecule has 5 aromatic heterocycles. The first-order valence-corrected chi connectivity index (χ1v) is 18.8. The monoisotopic (exact) mass is 732 g/mol. The summed E-state index contributed by atoms with van der Waals surface area (Å²) in [7, 11) is 0. The predicted molar refractivity (Wildman–Crippen MR) is 226 cm³/mol. The summed E-state index contributed by atoms with van der Waals surface area (Å²) in [4.78, 5) is 25.8. The number of furan rings is 2. The Labute approximate surface area is 324 Å². The number of para-hydroxylation sites is 5. The lowest BCUT2D eigenvalue weighted by Crippen LogP contribution is -2.03. The van der Waals surface area contributed by atoms with Gasteiger partial charge in [0.15, 0.2) is 34.6 Å². The van der Waals surface area contributed by atoms with Crippen molar-refractivity contribution in [2.45, 2.75) is 0 Å². The van der Waals surface area contributed by atoms with Crippen LogP contribution in [0.3, 0.4) is 0 Å². The molecule has 0 aliphatic heterocycles. The Balaban J connectivity index is 1.12. The van der Waals surface area contributed by atoms with E-state index in [2.05, 4.69) is 83.4 Å². The minimum atomic E-state index is 0.362. The molecule has 0 fully saturated rings. The third-order valence-corrected chi connectivity index (χ3v) is 10.7. The summed E-state index contributed by atoms with van der Waals surface area (Å²) in [6.07, 6.45) is 0. The predicted octanol–water partition coefficient (Wildman–Crippen LogP) is 12.2. The van der Waals surface area contributed by atoms with Crippen LogP contribution in [-0.2, 0) is 0 Å². The smallest absolute Gasteiger partial charge is 0.186 e. The van der Waals surface area contributed by atoms with Crippen LogP contribution in [0.25, 0.3) is 117 Å². The van der Waals surface area contributed by atoms with E-state index in [9.17, 15) is 0 Å². The first-order chi connectivity index (χ1) is 28.2. The maximum absolute atomic E-state index is 6.56. The molecule has 0 N–H and O–H groups in total. The largest absolute Gasteiger partial charge is 0.455 e. The van der Waals surface area contributed by atoms with Crippen LogP contribution in [0, 0.1) is 0 Å². The highest BCUT2D eigenvalue weighted by molar-refractivity contribution is 6.12. The Morgan fingerprint density at radius 3 is 1.82 bits per heavy atom. The highest BCUT2D eigenvalue weighted by Crippen LogP contribution is 2.40. The second kappa shape index (κ2) is 12.3. The van der Waals surface area contributed by atoms with Crippen molar-refractivity contribution in [3.63, 3.8) is 0 Å². The van der Waals surface area contributed by atoms with Gasteiger partial charge in [-0.2, -0.15) is 0 Å². The summed E-state index contributed by atoms with van der Waals surface area (Å²) in [6, 6.07) is 57.3. The molecule has 5 heterocycles. The van der Waals surface area contributed by atoms with E-state index in [-0.39, 0.29) is 0 Å². The molecular formula is C49H28N6O2. The standard InChI is InChI=1S/C49H28N6O2/c1-3-14-29(15-4-1)46-52-48(36-22-13-21-34-33-19-8-11-24-40(33)56-44(34)36)54-49(53-46)43-45-42(35-20-9-12-25-41(35)57-45)50-47(51-43)30-26-27-39-37(28-30)32-18-7-10-23-38(32)55(39)31-16-5-2-6-17-31/h1-28H. The first-order valence-electron chi connectivity index (χ1n) is 18.8. The maximum atomic E-state index is 6.56. The number of hydrogen-bond donors (Lipinski definition) is 0. The van der Waals surface area contributed by atoms with E-state index in [0.29, 0.717) is 51.3 Å². The van der Waals surface area contributed by atoms with Gasteiger partial charge in [0.25, 0.3) is 0 Å². The lowest BCUT2D eigenvalue weighted by molar-refractivity contribution is 0.666. The minimum absolute atomic E-state index is 0.362. The van der Waals surface area contributed by atoms with Crippen molar-refractivity contribution in [2.24, 2.45) is 0 Å². The number of benzene rings is 7. The van der Waals surface area contributed by atoms with E-state index < -0.39 is 0 Å². The van der Waals surface area contributed by atoms with E-state index in [1.54, 1.807) is 0 Å². The van der Waals surface area contributed by atoms with E-state index in [1.165, 1.54) is 0 Å². The average Bonchev–Trinajstić information content (AvgIpc) is 3.96. The summed E-state index contributed by atoms with van der Waals surface area (Å²) >= 11 is 0. The molecule has 0 bridgehead atoms. The molecule has 0 amide bonds. The molecule has 0 saturated carbocycles. The lowest BCUT2D eigenvalue weighted by Gasteiger charge is -2.10. The second-order valence-electron chi connectivity index (χ2n) is 14.0. The van der Waals surface area contributed by atoms with Gasteiger partial charge in [0.1, 0.15) is 22.3 Å². The van der Waals surface area contributed by atoms with Crippen molar-refractivity contribution in [1.82, 2.24) is 29.5 Å². The average molecular weight is 733 g/mol. The molecule has 7 aromatic carbocycles. The molecule has 0 aliphatic rings. The maximum Gasteiger partial charge on any atom is 0.186 e. The molecule has 0 spiro atoms. The normalized spacial score (nSPS) is 11.9. The van der Waals surface area contributed by atoms with E-state index >= 15 is 0 Å². The van der Waals surface area contributed by atoms with Gasteiger partial charge in [-0.25, -0.2) is 24.9 Å². The molecular weight excluding hydrogens is 705 g/mol. The molecule has 0 saturated heterocycles. The highest BCUT2D eigenvalue weighted by Gasteiger charge is 2.24. The van der Waals surface area contributed by atoms with Crippen molar-refractivity contribution in [3.8, 4) is 51.4 Å². The summed E-state index contributed by atoms with van der Waals surface area (Å²) in [5.41, 5.74) is 9.61. The molecule has 12 rings (SSSR count). The van der Waals surface area contributed by atoms with Crippen LogP contribution in [0.5, 0.6) is 0 Å². The van der Waals surface area contributed by atoms with Gasteiger partial charge in [-0.05, 0) is 60.7 Å². The summed E-state index contributed by atoms with van der Waals surface area (Å²) in [5, 5.41) is 5.13. The van der Waals surface area contributed by atoms with Crippen LogP contribution in [0.2, 0.25) is 0 Å². The Morgan fingerprint density at radius 1 is 0.368 bits per heavy atom. The van der Waals surface area contributed by atoms with Gasteiger partial charge < -0.3 is 13.4 Å². The highest BCUT2D eigenvalue weighted by atomic mass is 16.3. The Bertz CT molecular complexity index is 3530. The van der Waals surface area contributed by atoms with Gasteiger partial charge in [0, 0.05) is 43.7 Å². The quantitative estimate of drug-likeness (QED) is 0.174. The second-order valence-corrected chi connectivity index (χ2v) is 14.0. The van der Waals surface area contributed by atoms with Crippen molar-refractivity contribution in [3.05, 3.63) is 170 Å². The zero-order valence-electron chi connectivity index (χ0n) is 30.2. The molecule has 8 nitrogen and oxygen atoms in total. The molecule has 266 valence electrons. The molecule has 0 radical (unpaired) electrons. The molecule has 8 heteroatoms. The third-order valence-electron chi connectivity index (χ3n) is 10.7. The fraction of sp³-hybridized carbons (Fsp3) is 0.